The van der Waals surface area contributed by atoms with E-state index in [1.807, 2.05) is 23.6 Å². The molecule has 0 radical (unpaired) electrons. The first-order valence-corrected chi connectivity index (χ1v) is 8.35. The van der Waals surface area contributed by atoms with Crippen molar-refractivity contribution in [2.75, 3.05) is 13.2 Å². The van der Waals surface area contributed by atoms with Crippen molar-refractivity contribution in [2.24, 2.45) is 0 Å². The van der Waals surface area contributed by atoms with E-state index < -0.39 is 0 Å². The zero-order chi connectivity index (χ0) is 14.1. The Balaban J connectivity index is 1.68. The van der Waals surface area contributed by atoms with Gasteiger partial charge in [-0.2, -0.15) is 0 Å². The van der Waals surface area contributed by atoms with Crippen LogP contribution in [-0.4, -0.2) is 23.2 Å². The fraction of sp³-hybridized carbons (Fsp3) is 0.200. The minimum absolute atomic E-state index is 0.698. The fourth-order valence-corrected chi connectivity index (χ4v) is 3.86. The molecule has 0 amide bonds. The van der Waals surface area contributed by atoms with Crippen molar-refractivity contribution < 1.29 is 9.47 Å². The SMILES string of the molecule is c1nc(Sc2ccc3c(c2)OCCCO3)c2ccsc2n1. The predicted molar refractivity (Wildman–Crippen MR) is 83.6 cm³/mol. The van der Waals surface area contributed by atoms with Gasteiger partial charge in [0.15, 0.2) is 11.5 Å². The van der Waals surface area contributed by atoms with E-state index in [0.29, 0.717) is 13.2 Å². The number of thiophene rings is 1. The van der Waals surface area contributed by atoms with Crippen molar-refractivity contribution in [2.45, 2.75) is 16.3 Å². The summed E-state index contributed by atoms with van der Waals surface area (Å²) >= 11 is 3.25. The van der Waals surface area contributed by atoms with Crippen molar-refractivity contribution in [3.8, 4) is 11.5 Å². The first kappa shape index (κ1) is 12.9. The first-order valence-electron chi connectivity index (χ1n) is 6.66. The van der Waals surface area contributed by atoms with Gasteiger partial charge in [0.2, 0.25) is 0 Å². The lowest BCUT2D eigenvalue weighted by Gasteiger charge is -2.09. The summed E-state index contributed by atoms with van der Waals surface area (Å²) in [5, 5.41) is 4.10. The molecule has 4 rings (SSSR count). The molecule has 0 saturated heterocycles. The molecule has 0 N–H and O–H groups in total. The molecule has 0 spiro atoms. The third-order valence-electron chi connectivity index (χ3n) is 3.16. The molecule has 0 aliphatic carbocycles. The van der Waals surface area contributed by atoms with E-state index in [-0.39, 0.29) is 0 Å². The van der Waals surface area contributed by atoms with E-state index in [1.165, 1.54) is 0 Å². The van der Waals surface area contributed by atoms with Crippen LogP contribution < -0.4 is 9.47 Å². The number of ether oxygens (including phenoxy) is 2. The van der Waals surface area contributed by atoms with Crippen LogP contribution in [0, 0.1) is 0 Å². The highest BCUT2D eigenvalue weighted by molar-refractivity contribution is 7.99. The molecular weight excluding hydrogens is 304 g/mol. The van der Waals surface area contributed by atoms with Crippen LogP contribution >= 0.6 is 23.1 Å². The predicted octanol–water partition coefficient (Wildman–Crippen LogP) is 4.00. The molecular formula is C15H12N2O2S2. The molecule has 4 nitrogen and oxygen atoms in total. The summed E-state index contributed by atoms with van der Waals surface area (Å²) in [5.41, 5.74) is 0. The standard InChI is InChI=1S/C15H12N2O2S2/c1-5-18-12-3-2-10(8-13(12)19-6-1)21-15-11-4-7-20-14(11)16-9-17-15/h2-4,7-9H,1,5-6H2. The zero-order valence-corrected chi connectivity index (χ0v) is 12.7. The lowest BCUT2D eigenvalue weighted by molar-refractivity contribution is 0.297. The molecule has 0 atom stereocenters. The average Bonchev–Trinajstić information content (AvgIpc) is 2.87. The highest BCUT2D eigenvalue weighted by Gasteiger charge is 2.12. The lowest BCUT2D eigenvalue weighted by atomic mass is 10.3. The highest BCUT2D eigenvalue weighted by Crippen LogP contribution is 2.38. The molecule has 1 aromatic carbocycles. The molecule has 6 heteroatoms. The molecule has 1 aliphatic heterocycles. The third kappa shape index (κ3) is 2.56. The third-order valence-corrected chi connectivity index (χ3v) is 4.99. The minimum atomic E-state index is 0.698. The van der Waals surface area contributed by atoms with Crippen LogP contribution in [-0.2, 0) is 0 Å². The number of benzene rings is 1. The number of rotatable bonds is 2. The van der Waals surface area contributed by atoms with Crippen LogP contribution in [0.25, 0.3) is 10.2 Å². The Morgan fingerprint density at radius 2 is 1.95 bits per heavy atom. The first-order chi connectivity index (χ1) is 10.4. The van der Waals surface area contributed by atoms with Gasteiger partial charge in [-0.05, 0) is 29.6 Å². The fourth-order valence-electron chi connectivity index (χ4n) is 2.17. The topological polar surface area (TPSA) is 44.2 Å². The maximum Gasteiger partial charge on any atom is 0.162 e. The van der Waals surface area contributed by atoms with Gasteiger partial charge in [-0.15, -0.1) is 11.3 Å². The van der Waals surface area contributed by atoms with Gasteiger partial charge in [-0.3, -0.25) is 0 Å². The van der Waals surface area contributed by atoms with Gasteiger partial charge in [0.1, 0.15) is 16.2 Å². The molecule has 1 aliphatic rings. The summed E-state index contributed by atoms with van der Waals surface area (Å²) in [4.78, 5) is 10.8. The minimum Gasteiger partial charge on any atom is -0.490 e. The Labute approximate surface area is 130 Å². The maximum atomic E-state index is 5.73. The maximum absolute atomic E-state index is 5.73. The van der Waals surface area contributed by atoms with Crippen molar-refractivity contribution in [3.63, 3.8) is 0 Å². The Hall–Kier alpha value is -1.79. The average molecular weight is 316 g/mol. The molecule has 3 aromatic rings. The smallest absolute Gasteiger partial charge is 0.162 e. The molecule has 0 saturated carbocycles. The highest BCUT2D eigenvalue weighted by atomic mass is 32.2. The second-order valence-electron chi connectivity index (χ2n) is 4.58. The van der Waals surface area contributed by atoms with Gasteiger partial charge in [0.25, 0.3) is 0 Å². The van der Waals surface area contributed by atoms with Crippen molar-refractivity contribution in [3.05, 3.63) is 36.0 Å². The van der Waals surface area contributed by atoms with Gasteiger partial charge in [-0.25, -0.2) is 9.97 Å². The van der Waals surface area contributed by atoms with E-state index in [4.69, 9.17) is 9.47 Å². The second kappa shape index (κ2) is 5.54. The van der Waals surface area contributed by atoms with Gasteiger partial charge in [0, 0.05) is 16.7 Å². The van der Waals surface area contributed by atoms with Gasteiger partial charge >= 0.3 is 0 Å². The van der Waals surface area contributed by atoms with Crippen LogP contribution in [0.1, 0.15) is 6.42 Å². The summed E-state index contributed by atoms with van der Waals surface area (Å²) in [7, 11) is 0. The monoisotopic (exact) mass is 316 g/mol. The largest absolute Gasteiger partial charge is 0.490 e. The lowest BCUT2D eigenvalue weighted by Crippen LogP contribution is -1.97. The number of fused-ring (bicyclic) bond motifs is 2. The molecule has 106 valence electrons. The molecule has 0 fully saturated rings. The van der Waals surface area contributed by atoms with Crippen LogP contribution in [0.5, 0.6) is 11.5 Å². The Bertz CT molecular complexity index is 788. The second-order valence-corrected chi connectivity index (χ2v) is 6.54. The van der Waals surface area contributed by atoms with E-state index in [0.717, 1.165) is 38.1 Å². The normalized spacial score (nSPS) is 14.1. The zero-order valence-electron chi connectivity index (χ0n) is 11.1. The van der Waals surface area contributed by atoms with Crippen LogP contribution in [0.4, 0.5) is 0 Å². The Kier molecular flexibility index (Phi) is 3.40. The number of aromatic nitrogens is 2. The Morgan fingerprint density at radius 3 is 2.90 bits per heavy atom. The van der Waals surface area contributed by atoms with Crippen molar-refractivity contribution in [1.29, 1.82) is 0 Å². The summed E-state index contributed by atoms with van der Waals surface area (Å²) in [6, 6.07) is 8.09. The van der Waals surface area contributed by atoms with Gasteiger partial charge < -0.3 is 9.47 Å². The number of nitrogens with zero attached hydrogens (tertiary/aromatic N) is 2. The summed E-state index contributed by atoms with van der Waals surface area (Å²) in [5.74, 6) is 1.63. The van der Waals surface area contributed by atoms with Crippen LogP contribution in [0.3, 0.4) is 0 Å². The van der Waals surface area contributed by atoms with Crippen molar-refractivity contribution in [1.82, 2.24) is 9.97 Å². The van der Waals surface area contributed by atoms with E-state index >= 15 is 0 Å². The Morgan fingerprint density at radius 1 is 1.05 bits per heavy atom. The van der Waals surface area contributed by atoms with E-state index in [2.05, 4.69) is 16.0 Å². The van der Waals surface area contributed by atoms with Crippen LogP contribution in [0.15, 0.2) is 45.9 Å². The van der Waals surface area contributed by atoms with E-state index in [1.54, 1.807) is 29.4 Å². The molecule has 0 unspecified atom stereocenters. The number of hydrogen-bond acceptors (Lipinski definition) is 6. The van der Waals surface area contributed by atoms with Crippen LogP contribution in [0.2, 0.25) is 0 Å². The molecule has 0 bridgehead atoms. The molecule has 2 aromatic heterocycles. The van der Waals surface area contributed by atoms with Crippen molar-refractivity contribution >= 4 is 33.3 Å². The quantitative estimate of drug-likeness (QED) is 0.669. The summed E-state index contributed by atoms with van der Waals surface area (Å²) < 4.78 is 11.4. The molecule has 21 heavy (non-hydrogen) atoms. The molecule has 3 heterocycles. The van der Waals surface area contributed by atoms with Gasteiger partial charge in [0.05, 0.1) is 13.2 Å². The van der Waals surface area contributed by atoms with E-state index in [9.17, 15) is 0 Å². The van der Waals surface area contributed by atoms with Gasteiger partial charge in [-0.1, -0.05) is 11.8 Å². The summed E-state index contributed by atoms with van der Waals surface area (Å²) in [6.07, 6.45) is 2.53. The summed E-state index contributed by atoms with van der Waals surface area (Å²) in [6.45, 7) is 1.41. The number of hydrogen-bond donors (Lipinski definition) is 0.